The van der Waals surface area contributed by atoms with E-state index in [1.54, 1.807) is 53.4 Å². The van der Waals surface area contributed by atoms with E-state index in [2.05, 4.69) is 5.32 Å². The molecule has 36 heavy (non-hydrogen) atoms. The van der Waals surface area contributed by atoms with E-state index in [4.69, 9.17) is 23.8 Å². The summed E-state index contributed by atoms with van der Waals surface area (Å²) >= 11 is 12.7. The van der Waals surface area contributed by atoms with Crippen LogP contribution < -0.4 is 10.2 Å². The molecule has 3 aromatic carbocycles. The Kier molecular flexibility index (Phi) is 6.66. The highest BCUT2D eigenvalue weighted by Gasteiger charge is 2.43. The monoisotopic (exact) mass is 533 g/mol. The van der Waals surface area contributed by atoms with E-state index in [9.17, 15) is 14.4 Å². The van der Waals surface area contributed by atoms with Gasteiger partial charge in [-0.1, -0.05) is 90.2 Å². The standard InChI is InChI=1S/C27H20ClN3O3S2/c1-16(17-8-3-2-4-9-17)31-26(34)24(36-27(31)35)23-20-12-5-6-13-21(20)30(25(23)33)15-22(32)29-19-11-7-10-18(28)14-19/h2-14,16H,15H2,1H3,(H,29,32). The second-order valence-electron chi connectivity index (χ2n) is 8.30. The summed E-state index contributed by atoms with van der Waals surface area (Å²) in [6.07, 6.45) is 0. The number of carbonyl (C=O) groups is 3. The number of thioether (sulfide) groups is 1. The Balaban J connectivity index is 1.46. The molecular weight excluding hydrogens is 514 g/mol. The lowest BCUT2D eigenvalue weighted by molar-refractivity contribution is -0.123. The van der Waals surface area contributed by atoms with Crippen molar-refractivity contribution < 1.29 is 14.4 Å². The average molecular weight is 534 g/mol. The lowest BCUT2D eigenvalue weighted by atomic mass is 10.1. The Bertz CT molecular complexity index is 1440. The van der Waals surface area contributed by atoms with Crippen molar-refractivity contribution in [3.8, 4) is 0 Å². The minimum Gasteiger partial charge on any atom is -0.324 e. The molecule has 0 aliphatic carbocycles. The van der Waals surface area contributed by atoms with Crippen molar-refractivity contribution in [3.05, 3.63) is 99.9 Å². The zero-order chi connectivity index (χ0) is 25.4. The summed E-state index contributed by atoms with van der Waals surface area (Å²) in [5, 5.41) is 3.26. The molecule has 3 amide bonds. The van der Waals surface area contributed by atoms with Gasteiger partial charge in [-0.2, -0.15) is 0 Å². The number of halogens is 1. The lowest BCUT2D eigenvalue weighted by Gasteiger charge is -2.23. The molecule has 1 saturated heterocycles. The van der Waals surface area contributed by atoms with E-state index in [1.807, 2.05) is 37.3 Å². The van der Waals surface area contributed by atoms with E-state index in [1.165, 1.54) is 4.90 Å². The molecule has 1 fully saturated rings. The highest BCUT2D eigenvalue weighted by atomic mass is 35.5. The molecule has 0 spiro atoms. The van der Waals surface area contributed by atoms with Crippen LogP contribution in [0.15, 0.2) is 83.8 Å². The zero-order valence-corrected chi connectivity index (χ0v) is 21.5. The van der Waals surface area contributed by atoms with E-state index >= 15 is 0 Å². The van der Waals surface area contributed by atoms with Gasteiger partial charge in [-0.3, -0.25) is 24.2 Å². The first-order valence-electron chi connectivity index (χ1n) is 11.2. The number of hydrogen-bond donors (Lipinski definition) is 1. The van der Waals surface area contributed by atoms with Crippen LogP contribution in [0.2, 0.25) is 5.02 Å². The van der Waals surface area contributed by atoms with Gasteiger partial charge >= 0.3 is 0 Å². The molecule has 3 aromatic rings. The summed E-state index contributed by atoms with van der Waals surface area (Å²) in [6.45, 7) is 1.69. The Labute approximate surface area is 222 Å². The van der Waals surface area contributed by atoms with Gasteiger partial charge < -0.3 is 5.32 Å². The first kappa shape index (κ1) is 24.2. The number of fused-ring (bicyclic) bond motifs is 1. The Morgan fingerprint density at radius 1 is 1.00 bits per heavy atom. The second kappa shape index (κ2) is 9.89. The molecule has 0 saturated carbocycles. The highest BCUT2D eigenvalue weighted by Crippen LogP contribution is 2.46. The summed E-state index contributed by atoms with van der Waals surface area (Å²) in [7, 11) is 0. The predicted molar refractivity (Wildman–Crippen MR) is 148 cm³/mol. The number of hydrogen-bond acceptors (Lipinski definition) is 5. The molecule has 1 atom stereocenters. The van der Waals surface area contributed by atoms with Gasteiger partial charge in [-0.25, -0.2) is 0 Å². The van der Waals surface area contributed by atoms with Crippen LogP contribution in [0, 0.1) is 0 Å². The molecule has 0 aromatic heterocycles. The van der Waals surface area contributed by atoms with Gasteiger partial charge in [0.2, 0.25) is 5.91 Å². The number of nitrogens with zero attached hydrogens (tertiary/aromatic N) is 2. The predicted octanol–water partition coefficient (Wildman–Crippen LogP) is 5.66. The number of carbonyl (C=O) groups excluding carboxylic acids is 3. The molecule has 9 heteroatoms. The third-order valence-corrected chi connectivity index (χ3v) is 7.66. The third kappa shape index (κ3) is 4.43. The lowest BCUT2D eigenvalue weighted by Crippen LogP contribution is -2.35. The fourth-order valence-corrected chi connectivity index (χ4v) is 5.99. The number of thiocarbonyl (C=S) groups is 1. The van der Waals surface area contributed by atoms with Crippen LogP contribution in [0.25, 0.3) is 5.57 Å². The van der Waals surface area contributed by atoms with Gasteiger partial charge in [0.25, 0.3) is 11.8 Å². The summed E-state index contributed by atoms with van der Waals surface area (Å²) in [5.74, 6) is -1.11. The summed E-state index contributed by atoms with van der Waals surface area (Å²) in [5.41, 5.74) is 2.91. The quantitative estimate of drug-likeness (QED) is 0.338. The summed E-state index contributed by atoms with van der Waals surface area (Å²) in [6, 6.07) is 23.2. The van der Waals surface area contributed by atoms with Crippen molar-refractivity contribution >= 4 is 74.6 Å². The Morgan fingerprint density at radius 2 is 1.72 bits per heavy atom. The van der Waals surface area contributed by atoms with E-state index < -0.39 is 5.91 Å². The van der Waals surface area contributed by atoms with Crippen LogP contribution in [-0.4, -0.2) is 33.5 Å². The molecule has 2 aliphatic heterocycles. The second-order valence-corrected chi connectivity index (χ2v) is 10.4. The maximum atomic E-state index is 13.6. The first-order chi connectivity index (χ1) is 17.3. The van der Waals surface area contributed by atoms with Crippen molar-refractivity contribution in [2.24, 2.45) is 0 Å². The minimum atomic E-state index is -0.412. The normalized spacial score (nSPS) is 18.0. The first-order valence-corrected chi connectivity index (χ1v) is 12.8. The van der Waals surface area contributed by atoms with Crippen molar-refractivity contribution in [1.82, 2.24) is 4.90 Å². The molecule has 2 heterocycles. The van der Waals surface area contributed by atoms with Crippen LogP contribution in [0.1, 0.15) is 24.1 Å². The molecular formula is C27H20ClN3O3S2. The molecule has 1 unspecified atom stereocenters. The molecule has 0 bridgehead atoms. The maximum Gasteiger partial charge on any atom is 0.267 e. The molecule has 180 valence electrons. The zero-order valence-electron chi connectivity index (χ0n) is 19.1. The van der Waals surface area contributed by atoms with Gasteiger partial charge in [0.15, 0.2) is 0 Å². The third-order valence-electron chi connectivity index (χ3n) is 6.03. The Morgan fingerprint density at radius 3 is 2.47 bits per heavy atom. The molecule has 2 aliphatic rings. The van der Waals surface area contributed by atoms with Crippen molar-refractivity contribution in [3.63, 3.8) is 0 Å². The number of rotatable bonds is 5. The van der Waals surface area contributed by atoms with E-state index in [-0.39, 0.29) is 34.9 Å². The fourth-order valence-electron chi connectivity index (χ4n) is 4.31. The van der Waals surface area contributed by atoms with Crippen LogP contribution in [-0.2, 0) is 14.4 Å². The average Bonchev–Trinajstić information content (AvgIpc) is 3.31. The molecule has 5 rings (SSSR count). The van der Waals surface area contributed by atoms with Crippen molar-refractivity contribution in [2.45, 2.75) is 13.0 Å². The van der Waals surface area contributed by atoms with E-state index in [0.29, 0.717) is 26.3 Å². The van der Waals surface area contributed by atoms with Crippen molar-refractivity contribution in [2.75, 3.05) is 16.8 Å². The summed E-state index contributed by atoms with van der Waals surface area (Å²) < 4.78 is 0.390. The van der Waals surface area contributed by atoms with E-state index in [0.717, 1.165) is 17.3 Å². The maximum absolute atomic E-state index is 13.6. The SMILES string of the molecule is CC(c1ccccc1)N1C(=O)C(=C2C(=O)N(CC(=O)Nc3cccc(Cl)c3)c3ccccc32)SC1=S. The summed E-state index contributed by atoms with van der Waals surface area (Å²) in [4.78, 5) is 43.2. The number of para-hydroxylation sites is 1. The van der Waals surface area contributed by atoms with Gasteiger partial charge in [0, 0.05) is 16.3 Å². The molecule has 0 radical (unpaired) electrons. The minimum absolute atomic E-state index is 0.216. The van der Waals surface area contributed by atoms with Crippen LogP contribution >= 0.6 is 35.6 Å². The molecule has 1 N–H and O–H groups in total. The van der Waals surface area contributed by atoms with Gasteiger partial charge in [0.05, 0.1) is 22.2 Å². The number of anilines is 2. The van der Waals surface area contributed by atoms with Crippen LogP contribution in [0.3, 0.4) is 0 Å². The van der Waals surface area contributed by atoms with Gasteiger partial charge in [-0.15, -0.1) is 0 Å². The topological polar surface area (TPSA) is 69.7 Å². The van der Waals surface area contributed by atoms with Crippen LogP contribution in [0.4, 0.5) is 11.4 Å². The number of amides is 3. The number of nitrogens with one attached hydrogen (secondary N) is 1. The number of benzene rings is 3. The van der Waals surface area contributed by atoms with Gasteiger partial charge in [0.1, 0.15) is 10.9 Å². The smallest absolute Gasteiger partial charge is 0.267 e. The Hall–Kier alpha value is -3.46. The van der Waals surface area contributed by atoms with Crippen molar-refractivity contribution in [1.29, 1.82) is 0 Å². The fraction of sp³-hybridized carbons (Fsp3) is 0.111. The highest BCUT2D eigenvalue weighted by molar-refractivity contribution is 8.26. The molecule has 6 nitrogen and oxygen atoms in total. The largest absolute Gasteiger partial charge is 0.324 e. The van der Waals surface area contributed by atoms with Crippen LogP contribution in [0.5, 0.6) is 0 Å². The van der Waals surface area contributed by atoms with Gasteiger partial charge in [-0.05, 0) is 36.8 Å².